The number of thiazole rings is 1. The van der Waals surface area contributed by atoms with E-state index in [1.54, 1.807) is 36.0 Å². The fourth-order valence-electron chi connectivity index (χ4n) is 0.976. The second-order valence-corrected chi connectivity index (χ2v) is 3.57. The smallest absolute Gasteiger partial charge is 0.250 e. The molecule has 2 rings (SSSR count). The first-order chi connectivity index (χ1) is 7.34. The van der Waals surface area contributed by atoms with Crippen molar-refractivity contribution in [3.63, 3.8) is 0 Å². The van der Waals surface area contributed by atoms with Gasteiger partial charge in [0.1, 0.15) is 5.76 Å². The molecule has 1 N–H and O–H groups in total. The lowest BCUT2D eigenvalue weighted by Crippen LogP contribution is -2.06. The van der Waals surface area contributed by atoms with Crippen molar-refractivity contribution in [2.24, 2.45) is 0 Å². The minimum Gasteiger partial charge on any atom is -0.465 e. The molecule has 0 aromatic carbocycles. The summed E-state index contributed by atoms with van der Waals surface area (Å²) in [7, 11) is 0. The van der Waals surface area contributed by atoms with Crippen LogP contribution in [-0.2, 0) is 4.79 Å². The fourth-order valence-corrected chi connectivity index (χ4v) is 1.51. The zero-order chi connectivity index (χ0) is 10.5. The van der Waals surface area contributed by atoms with Crippen molar-refractivity contribution in [2.75, 3.05) is 5.32 Å². The first-order valence-electron chi connectivity index (χ1n) is 4.26. The van der Waals surface area contributed by atoms with Gasteiger partial charge in [0.05, 0.1) is 6.26 Å². The molecule has 0 aliphatic rings. The molecule has 15 heavy (non-hydrogen) atoms. The third-order valence-corrected chi connectivity index (χ3v) is 2.29. The maximum absolute atomic E-state index is 11.3. The van der Waals surface area contributed by atoms with Crippen LogP contribution in [0.25, 0.3) is 6.08 Å². The van der Waals surface area contributed by atoms with E-state index in [1.807, 2.05) is 0 Å². The molecule has 0 saturated heterocycles. The van der Waals surface area contributed by atoms with Gasteiger partial charge < -0.3 is 4.42 Å². The Balaban J connectivity index is 1.93. The minimum atomic E-state index is -0.221. The van der Waals surface area contributed by atoms with E-state index in [0.717, 1.165) is 0 Å². The Kier molecular flexibility index (Phi) is 2.94. The molecule has 0 aliphatic carbocycles. The van der Waals surface area contributed by atoms with Gasteiger partial charge in [-0.3, -0.25) is 10.1 Å². The Hall–Kier alpha value is -1.88. The average molecular weight is 220 g/mol. The van der Waals surface area contributed by atoms with Crippen LogP contribution in [-0.4, -0.2) is 10.9 Å². The van der Waals surface area contributed by atoms with Crippen molar-refractivity contribution >= 4 is 28.5 Å². The lowest BCUT2D eigenvalue weighted by Gasteiger charge is -1.93. The maximum Gasteiger partial charge on any atom is 0.250 e. The number of hydrogen-bond donors (Lipinski definition) is 1. The average Bonchev–Trinajstić information content (AvgIpc) is 2.86. The van der Waals surface area contributed by atoms with Crippen LogP contribution in [0.3, 0.4) is 0 Å². The van der Waals surface area contributed by atoms with Gasteiger partial charge in [0, 0.05) is 17.7 Å². The number of nitrogens with one attached hydrogen (secondary N) is 1. The standard InChI is InChI=1S/C10H8N2O2S/c13-9(12-10-11-5-7-15-10)4-3-8-2-1-6-14-8/h1-7H,(H,11,12,13). The highest BCUT2D eigenvalue weighted by Crippen LogP contribution is 2.10. The zero-order valence-electron chi connectivity index (χ0n) is 7.71. The summed E-state index contributed by atoms with van der Waals surface area (Å²) < 4.78 is 5.04. The second kappa shape index (κ2) is 4.56. The van der Waals surface area contributed by atoms with Gasteiger partial charge in [0.25, 0.3) is 0 Å². The number of carbonyl (C=O) groups is 1. The number of furan rings is 1. The van der Waals surface area contributed by atoms with Crippen LogP contribution >= 0.6 is 11.3 Å². The predicted molar refractivity (Wildman–Crippen MR) is 58.5 cm³/mol. The van der Waals surface area contributed by atoms with Crippen molar-refractivity contribution in [1.29, 1.82) is 0 Å². The highest BCUT2D eigenvalue weighted by Gasteiger charge is 1.99. The van der Waals surface area contributed by atoms with Crippen LogP contribution in [0, 0.1) is 0 Å². The predicted octanol–water partition coefficient (Wildman–Crippen LogP) is 2.39. The van der Waals surface area contributed by atoms with E-state index in [9.17, 15) is 4.79 Å². The third-order valence-electron chi connectivity index (χ3n) is 1.60. The highest BCUT2D eigenvalue weighted by molar-refractivity contribution is 7.13. The normalized spacial score (nSPS) is 10.7. The van der Waals surface area contributed by atoms with E-state index < -0.39 is 0 Å². The van der Waals surface area contributed by atoms with Gasteiger partial charge in [-0.25, -0.2) is 4.98 Å². The SMILES string of the molecule is O=C(C=Cc1ccco1)Nc1nccs1. The topological polar surface area (TPSA) is 55.1 Å². The monoisotopic (exact) mass is 220 g/mol. The molecule has 0 spiro atoms. The molecule has 0 bridgehead atoms. The van der Waals surface area contributed by atoms with Gasteiger partial charge in [-0.2, -0.15) is 0 Å². The zero-order valence-corrected chi connectivity index (χ0v) is 8.53. The van der Waals surface area contributed by atoms with E-state index in [4.69, 9.17) is 4.42 Å². The number of carbonyl (C=O) groups excluding carboxylic acids is 1. The summed E-state index contributed by atoms with van der Waals surface area (Å²) in [5.41, 5.74) is 0. The molecule has 5 heteroatoms. The van der Waals surface area contributed by atoms with Crippen LogP contribution in [0.5, 0.6) is 0 Å². The van der Waals surface area contributed by atoms with E-state index in [2.05, 4.69) is 10.3 Å². The van der Waals surface area contributed by atoms with Crippen LogP contribution in [0.4, 0.5) is 5.13 Å². The molecule has 0 radical (unpaired) electrons. The Morgan fingerprint density at radius 3 is 3.20 bits per heavy atom. The number of nitrogens with zero attached hydrogens (tertiary/aromatic N) is 1. The van der Waals surface area contributed by atoms with Gasteiger partial charge in [-0.1, -0.05) is 0 Å². The van der Waals surface area contributed by atoms with Crippen molar-refractivity contribution in [2.45, 2.75) is 0 Å². The Bertz CT molecular complexity index is 446. The Labute approximate surface area is 90.3 Å². The molecule has 0 atom stereocenters. The van der Waals surface area contributed by atoms with E-state index >= 15 is 0 Å². The molecular formula is C10H8N2O2S. The molecular weight excluding hydrogens is 212 g/mol. The molecule has 1 amide bonds. The van der Waals surface area contributed by atoms with Gasteiger partial charge in [-0.05, 0) is 18.2 Å². The summed E-state index contributed by atoms with van der Waals surface area (Å²) in [4.78, 5) is 15.3. The molecule has 76 valence electrons. The summed E-state index contributed by atoms with van der Waals surface area (Å²) in [5.74, 6) is 0.422. The summed E-state index contributed by atoms with van der Waals surface area (Å²) in [6.45, 7) is 0. The van der Waals surface area contributed by atoms with Crippen LogP contribution in [0.2, 0.25) is 0 Å². The lowest BCUT2D eigenvalue weighted by atomic mass is 10.4. The van der Waals surface area contributed by atoms with Crippen LogP contribution in [0.1, 0.15) is 5.76 Å². The lowest BCUT2D eigenvalue weighted by molar-refractivity contribution is -0.111. The summed E-state index contributed by atoms with van der Waals surface area (Å²) in [6.07, 6.45) is 6.19. The van der Waals surface area contributed by atoms with Crippen molar-refractivity contribution in [1.82, 2.24) is 4.98 Å². The number of amides is 1. The molecule has 0 saturated carbocycles. The Morgan fingerprint density at radius 2 is 2.53 bits per heavy atom. The van der Waals surface area contributed by atoms with E-state index in [1.165, 1.54) is 17.4 Å². The van der Waals surface area contributed by atoms with Gasteiger partial charge in [0.2, 0.25) is 5.91 Å². The molecule has 2 heterocycles. The van der Waals surface area contributed by atoms with Crippen molar-refractivity contribution in [3.05, 3.63) is 41.8 Å². The largest absolute Gasteiger partial charge is 0.465 e. The van der Waals surface area contributed by atoms with Crippen molar-refractivity contribution < 1.29 is 9.21 Å². The summed E-state index contributed by atoms with van der Waals surface area (Å²) in [5, 5.41) is 5.01. The van der Waals surface area contributed by atoms with E-state index in [-0.39, 0.29) is 5.91 Å². The Morgan fingerprint density at radius 1 is 1.60 bits per heavy atom. The first-order valence-corrected chi connectivity index (χ1v) is 5.14. The van der Waals surface area contributed by atoms with Crippen LogP contribution in [0.15, 0.2) is 40.5 Å². The number of anilines is 1. The van der Waals surface area contributed by atoms with Gasteiger partial charge in [-0.15, -0.1) is 11.3 Å². The van der Waals surface area contributed by atoms with Crippen molar-refractivity contribution in [3.8, 4) is 0 Å². The number of rotatable bonds is 3. The first kappa shape index (κ1) is 9.67. The molecule has 0 fully saturated rings. The minimum absolute atomic E-state index is 0.221. The van der Waals surface area contributed by atoms with E-state index in [0.29, 0.717) is 10.9 Å². The third kappa shape index (κ3) is 2.78. The molecule has 2 aromatic rings. The number of aromatic nitrogens is 1. The van der Waals surface area contributed by atoms with Gasteiger partial charge >= 0.3 is 0 Å². The molecule has 0 aliphatic heterocycles. The second-order valence-electron chi connectivity index (χ2n) is 2.68. The highest BCUT2D eigenvalue weighted by atomic mass is 32.1. The number of hydrogen-bond acceptors (Lipinski definition) is 4. The summed E-state index contributed by atoms with van der Waals surface area (Å²) in [6, 6.07) is 3.53. The fraction of sp³-hybridized carbons (Fsp3) is 0. The quantitative estimate of drug-likeness (QED) is 0.808. The molecule has 0 unspecified atom stereocenters. The summed E-state index contributed by atoms with van der Waals surface area (Å²) >= 11 is 1.37. The van der Waals surface area contributed by atoms with Crippen LogP contribution < -0.4 is 5.32 Å². The van der Waals surface area contributed by atoms with Gasteiger partial charge in [0.15, 0.2) is 5.13 Å². The maximum atomic E-state index is 11.3. The molecule has 4 nitrogen and oxygen atoms in total. The molecule has 2 aromatic heterocycles.